The zero-order valence-electron chi connectivity index (χ0n) is 17.3. The Kier molecular flexibility index (Phi) is 6.77. The van der Waals surface area contributed by atoms with Crippen LogP contribution in [0.1, 0.15) is 46.7 Å². The molecule has 0 unspecified atom stereocenters. The number of rotatable bonds is 7. The van der Waals surface area contributed by atoms with Gasteiger partial charge in [-0.25, -0.2) is 0 Å². The van der Waals surface area contributed by atoms with Gasteiger partial charge in [0, 0.05) is 23.9 Å². The van der Waals surface area contributed by atoms with Crippen LogP contribution in [0.15, 0.2) is 23.0 Å². The number of carbonyl (C=O) groups is 1. The largest absolute Gasteiger partial charge is 0.493 e. The number of benzene rings is 1. The van der Waals surface area contributed by atoms with E-state index in [1.54, 1.807) is 25.3 Å². The number of nitrogens with one attached hydrogen (secondary N) is 2. The third-order valence-electron chi connectivity index (χ3n) is 3.67. The highest BCUT2D eigenvalue weighted by atomic mass is 16.5. The van der Waals surface area contributed by atoms with Gasteiger partial charge in [0.2, 0.25) is 5.91 Å². The Hall–Kier alpha value is -2.90. The second kappa shape index (κ2) is 8.86. The number of nitrogens with zero attached hydrogens (tertiary/aromatic N) is 2. The average molecular weight is 388 g/mol. The summed E-state index contributed by atoms with van der Waals surface area (Å²) in [5.41, 5.74) is 0.188. The Morgan fingerprint density at radius 2 is 1.93 bits per heavy atom. The van der Waals surface area contributed by atoms with E-state index in [0.29, 0.717) is 22.9 Å². The minimum Gasteiger partial charge on any atom is -0.493 e. The van der Waals surface area contributed by atoms with Gasteiger partial charge in [0.25, 0.3) is 5.56 Å². The molecule has 8 nitrogen and oxygen atoms in total. The Bertz CT molecular complexity index is 885. The molecule has 0 spiro atoms. The maximum absolute atomic E-state index is 12.3. The molecule has 2 aromatic rings. The fourth-order valence-corrected chi connectivity index (χ4v) is 2.53. The summed E-state index contributed by atoms with van der Waals surface area (Å²) in [6.07, 6.45) is 0.396. The van der Waals surface area contributed by atoms with Crippen molar-refractivity contribution in [1.29, 1.82) is 0 Å². The van der Waals surface area contributed by atoms with E-state index in [2.05, 4.69) is 20.5 Å². The number of hydrogen-bond acceptors (Lipinski definition) is 6. The van der Waals surface area contributed by atoms with Crippen LogP contribution in [-0.2, 0) is 11.2 Å². The summed E-state index contributed by atoms with van der Waals surface area (Å²) >= 11 is 0. The number of hydrogen-bond donors (Lipinski definition) is 2. The fourth-order valence-electron chi connectivity index (χ4n) is 2.53. The lowest BCUT2D eigenvalue weighted by Crippen LogP contribution is -2.40. The number of aromatic amines is 1. The van der Waals surface area contributed by atoms with Gasteiger partial charge in [-0.2, -0.15) is 0 Å². The number of amides is 1. The van der Waals surface area contributed by atoms with Crippen molar-refractivity contribution in [1.82, 2.24) is 20.5 Å². The molecule has 28 heavy (non-hydrogen) atoms. The van der Waals surface area contributed by atoms with E-state index >= 15 is 0 Å². The van der Waals surface area contributed by atoms with Crippen LogP contribution in [0.4, 0.5) is 0 Å². The predicted molar refractivity (Wildman–Crippen MR) is 107 cm³/mol. The average Bonchev–Trinajstić information content (AvgIpc) is 2.59. The Balaban J connectivity index is 2.15. The molecular formula is C20H28N4O4. The van der Waals surface area contributed by atoms with Crippen molar-refractivity contribution in [3.05, 3.63) is 34.2 Å². The van der Waals surface area contributed by atoms with Crippen molar-refractivity contribution in [2.45, 2.75) is 59.1 Å². The molecule has 0 bridgehead atoms. The van der Waals surface area contributed by atoms with Gasteiger partial charge in [0.1, 0.15) is 5.69 Å². The fraction of sp³-hybridized carbons (Fsp3) is 0.500. The van der Waals surface area contributed by atoms with Gasteiger partial charge in [0.15, 0.2) is 17.3 Å². The molecule has 2 N–H and O–H groups in total. The normalized spacial score (nSPS) is 11.4. The zero-order valence-corrected chi connectivity index (χ0v) is 17.3. The summed E-state index contributed by atoms with van der Waals surface area (Å²) < 4.78 is 11.0. The van der Waals surface area contributed by atoms with Gasteiger partial charge in [-0.1, -0.05) is 0 Å². The van der Waals surface area contributed by atoms with Gasteiger partial charge >= 0.3 is 0 Å². The van der Waals surface area contributed by atoms with Gasteiger partial charge in [-0.05, 0) is 52.8 Å². The van der Waals surface area contributed by atoms with Crippen LogP contribution in [-0.4, -0.2) is 39.8 Å². The van der Waals surface area contributed by atoms with E-state index < -0.39 is 0 Å². The summed E-state index contributed by atoms with van der Waals surface area (Å²) in [5, 5.41) is 11.0. The molecule has 0 aliphatic carbocycles. The van der Waals surface area contributed by atoms with Gasteiger partial charge < -0.3 is 19.8 Å². The van der Waals surface area contributed by atoms with E-state index in [1.807, 2.05) is 34.6 Å². The number of aryl methyl sites for hydroxylation is 1. The molecule has 0 aliphatic rings. The van der Waals surface area contributed by atoms with Crippen LogP contribution in [0.3, 0.4) is 0 Å². The first kappa shape index (κ1) is 21.4. The molecule has 0 saturated heterocycles. The van der Waals surface area contributed by atoms with Crippen LogP contribution >= 0.6 is 0 Å². The predicted octanol–water partition coefficient (Wildman–Crippen LogP) is 2.47. The molecule has 0 fully saturated rings. The number of carbonyl (C=O) groups excluding carboxylic acids is 1. The molecule has 1 aromatic carbocycles. The monoisotopic (exact) mass is 388 g/mol. The lowest BCUT2D eigenvalue weighted by Gasteiger charge is -2.20. The third kappa shape index (κ3) is 6.07. The highest BCUT2D eigenvalue weighted by molar-refractivity contribution is 5.76. The minimum atomic E-state index is -0.366. The van der Waals surface area contributed by atoms with Crippen LogP contribution in [0.2, 0.25) is 0 Å². The topological polar surface area (TPSA) is 106 Å². The van der Waals surface area contributed by atoms with Crippen LogP contribution < -0.4 is 20.3 Å². The standard InChI is InChI=1S/C20H28N4O4/c1-12(2)28-15-9-7-13(11-16(15)27-6)18-21-19(26)14(23-24-18)8-10-17(25)22-20(3,4)5/h7,9,11-12H,8,10H2,1-6H3,(H,22,25)(H,21,24,26). The second-order valence-corrected chi connectivity index (χ2v) is 7.78. The Morgan fingerprint density at radius 1 is 1.21 bits per heavy atom. The van der Waals surface area contributed by atoms with Crippen molar-refractivity contribution in [3.8, 4) is 22.9 Å². The van der Waals surface area contributed by atoms with E-state index in [0.717, 1.165) is 0 Å². The third-order valence-corrected chi connectivity index (χ3v) is 3.67. The zero-order chi connectivity index (χ0) is 20.9. The summed E-state index contributed by atoms with van der Waals surface area (Å²) in [6, 6.07) is 5.27. The van der Waals surface area contributed by atoms with Crippen molar-refractivity contribution in [2.75, 3.05) is 7.11 Å². The van der Waals surface area contributed by atoms with Gasteiger partial charge in [-0.3, -0.25) is 9.59 Å². The molecule has 1 aromatic heterocycles. The van der Waals surface area contributed by atoms with Crippen LogP contribution in [0.5, 0.6) is 11.5 Å². The summed E-state index contributed by atoms with van der Waals surface area (Å²) in [5.74, 6) is 1.33. The Labute approximate surface area is 164 Å². The smallest absolute Gasteiger partial charge is 0.273 e. The quantitative estimate of drug-likeness (QED) is 0.755. The minimum absolute atomic E-state index is 0.00844. The molecule has 1 amide bonds. The molecule has 0 atom stereocenters. The van der Waals surface area contributed by atoms with E-state index in [4.69, 9.17) is 9.47 Å². The maximum Gasteiger partial charge on any atom is 0.273 e. The SMILES string of the molecule is COc1cc(-c2nnc(CCC(=O)NC(C)(C)C)c(=O)[nH]2)ccc1OC(C)C. The molecule has 8 heteroatoms. The summed E-state index contributed by atoms with van der Waals surface area (Å²) in [7, 11) is 1.55. The van der Waals surface area contributed by atoms with Crippen molar-refractivity contribution < 1.29 is 14.3 Å². The number of ether oxygens (including phenoxy) is 2. The summed E-state index contributed by atoms with van der Waals surface area (Å²) in [4.78, 5) is 27.0. The number of methoxy groups -OCH3 is 1. The molecular weight excluding hydrogens is 360 g/mol. The number of aromatic nitrogens is 3. The van der Waals surface area contributed by atoms with Gasteiger partial charge in [-0.15, -0.1) is 10.2 Å². The first-order chi connectivity index (χ1) is 13.1. The molecule has 2 rings (SSSR count). The maximum atomic E-state index is 12.3. The highest BCUT2D eigenvalue weighted by Gasteiger charge is 2.16. The van der Waals surface area contributed by atoms with E-state index in [9.17, 15) is 9.59 Å². The molecule has 1 heterocycles. The lowest BCUT2D eigenvalue weighted by molar-refractivity contribution is -0.122. The van der Waals surface area contributed by atoms with E-state index in [1.165, 1.54) is 0 Å². The Morgan fingerprint density at radius 3 is 2.50 bits per heavy atom. The molecule has 152 valence electrons. The summed E-state index contributed by atoms with van der Waals surface area (Å²) in [6.45, 7) is 9.56. The number of H-pyrrole nitrogens is 1. The first-order valence-corrected chi connectivity index (χ1v) is 9.21. The molecule has 0 radical (unpaired) electrons. The van der Waals surface area contributed by atoms with Crippen molar-refractivity contribution >= 4 is 5.91 Å². The van der Waals surface area contributed by atoms with E-state index in [-0.39, 0.29) is 41.6 Å². The molecule has 0 saturated carbocycles. The van der Waals surface area contributed by atoms with Crippen LogP contribution in [0.25, 0.3) is 11.4 Å². The second-order valence-electron chi connectivity index (χ2n) is 7.78. The van der Waals surface area contributed by atoms with Crippen LogP contribution in [0, 0.1) is 0 Å². The lowest BCUT2D eigenvalue weighted by atomic mass is 10.1. The highest BCUT2D eigenvalue weighted by Crippen LogP contribution is 2.31. The molecule has 0 aliphatic heterocycles. The van der Waals surface area contributed by atoms with Crippen molar-refractivity contribution in [2.24, 2.45) is 0 Å². The first-order valence-electron chi connectivity index (χ1n) is 9.21. The van der Waals surface area contributed by atoms with Crippen molar-refractivity contribution in [3.63, 3.8) is 0 Å². The van der Waals surface area contributed by atoms with Gasteiger partial charge in [0.05, 0.1) is 13.2 Å².